The molecule has 0 bridgehead atoms. The molecule has 0 aromatic carbocycles. The highest BCUT2D eigenvalue weighted by Crippen LogP contribution is 2.18. The van der Waals surface area contributed by atoms with Gasteiger partial charge in [0.25, 0.3) is 10.1 Å². The van der Waals surface area contributed by atoms with Gasteiger partial charge in [0.05, 0.1) is 0 Å². The number of carbonyl (C=O) groups is 1. The first kappa shape index (κ1) is 10.3. The van der Waals surface area contributed by atoms with Gasteiger partial charge in [0.15, 0.2) is 6.10 Å². The number of hydrogen-bond donors (Lipinski definition) is 1. The van der Waals surface area contributed by atoms with Gasteiger partial charge in [-0.05, 0) is 6.42 Å². The van der Waals surface area contributed by atoms with E-state index in [0.717, 1.165) is 0 Å². The van der Waals surface area contributed by atoms with Gasteiger partial charge in [-0.2, -0.15) is 8.42 Å². The Labute approximate surface area is 75.6 Å². The summed E-state index contributed by atoms with van der Waals surface area (Å²) in [7, 11) is -4.18. The highest BCUT2D eigenvalue weighted by Gasteiger charge is 2.38. The van der Waals surface area contributed by atoms with E-state index in [2.05, 4.69) is 9.47 Å². The topological polar surface area (TPSA) is 89.9 Å². The lowest BCUT2D eigenvalue weighted by Gasteiger charge is -2.14. The van der Waals surface area contributed by atoms with Crippen molar-refractivity contribution in [2.45, 2.75) is 24.7 Å². The van der Waals surface area contributed by atoms with Gasteiger partial charge in [-0.1, -0.05) is 6.92 Å². The number of ether oxygens (including phenoxy) is 2. The lowest BCUT2D eigenvalue weighted by molar-refractivity contribution is 0.116. The minimum absolute atomic E-state index is 0.128. The Morgan fingerprint density at radius 1 is 1.69 bits per heavy atom. The van der Waals surface area contributed by atoms with Crippen LogP contribution in [0.5, 0.6) is 0 Å². The molecule has 13 heavy (non-hydrogen) atoms. The molecule has 2 unspecified atom stereocenters. The van der Waals surface area contributed by atoms with Crippen molar-refractivity contribution in [3.05, 3.63) is 0 Å². The van der Waals surface area contributed by atoms with Gasteiger partial charge >= 0.3 is 6.16 Å². The summed E-state index contributed by atoms with van der Waals surface area (Å²) in [5, 5.41) is -1.10. The molecule has 0 radical (unpaired) electrons. The Bertz CT molecular complexity index is 294. The maximum absolute atomic E-state index is 10.8. The monoisotopic (exact) mass is 210 g/mol. The summed E-state index contributed by atoms with van der Waals surface area (Å²) in [4.78, 5) is 10.5. The largest absolute Gasteiger partial charge is 0.508 e. The first-order valence-electron chi connectivity index (χ1n) is 3.75. The van der Waals surface area contributed by atoms with E-state index in [1.54, 1.807) is 6.92 Å². The summed E-state index contributed by atoms with van der Waals surface area (Å²) in [5.74, 6) is 0. The van der Waals surface area contributed by atoms with Crippen LogP contribution in [0.1, 0.15) is 13.3 Å². The Balaban J connectivity index is 2.74. The van der Waals surface area contributed by atoms with Crippen molar-refractivity contribution in [3.8, 4) is 0 Å². The molecule has 1 fully saturated rings. The third-order valence-electron chi connectivity index (χ3n) is 1.81. The number of carbonyl (C=O) groups excluding carboxylic acids is 1. The quantitative estimate of drug-likeness (QED) is 0.528. The lowest BCUT2D eigenvalue weighted by atomic mass is 10.2. The first-order valence-corrected chi connectivity index (χ1v) is 5.25. The lowest BCUT2D eigenvalue weighted by Crippen LogP contribution is -2.34. The fourth-order valence-corrected chi connectivity index (χ4v) is 2.13. The van der Waals surface area contributed by atoms with Crippen LogP contribution in [-0.2, 0) is 19.6 Å². The van der Waals surface area contributed by atoms with Gasteiger partial charge in [0.1, 0.15) is 11.9 Å². The molecule has 0 amide bonds. The van der Waals surface area contributed by atoms with Crippen LogP contribution >= 0.6 is 0 Å². The molecule has 7 heteroatoms. The van der Waals surface area contributed by atoms with Crippen LogP contribution in [0.25, 0.3) is 0 Å². The van der Waals surface area contributed by atoms with Crippen molar-refractivity contribution in [1.82, 2.24) is 0 Å². The Hall–Kier alpha value is -0.820. The Kier molecular flexibility index (Phi) is 2.77. The normalized spacial score (nSPS) is 25.1. The molecule has 1 N–H and O–H groups in total. The third-order valence-corrected chi connectivity index (χ3v) is 3.21. The third kappa shape index (κ3) is 2.31. The fourth-order valence-electron chi connectivity index (χ4n) is 1.19. The van der Waals surface area contributed by atoms with Crippen molar-refractivity contribution in [3.63, 3.8) is 0 Å². The number of rotatable bonds is 3. The minimum atomic E-state index is -4.18. The van der Waals surface area contributed by atoms with Crippen LogP contribution in [0.3, 0.4) is 0 Å². The molecule has 1 aliphatic rings. The summed E-state index contributed by atoms with van der Waals surface area (Å²) >= 11 is 0. The standard InChI is InChI=1S/C6H10O6S/c1-2-5(13(8,9)10)4-3-11-6(7)12-4/h4-5H,2-3H2,1H3,(H,8,9,10). The van der Waals surface area contributed by atoms with E-state index in [0.29, 0.717) is 0 Å². The second-order valence-corrected chi connectivity index (χ2v) is 4.31. The van der Waals surface area contributed by atoms with Crippen LogP contribution in [0.2, 0.25) is 0 Å². The molecule has 0 aromatic rings. The Morgan fingerprint density at radius 2 is 2.31 bits per heavy atom. The van der Waals surface area contributed by atoms with Crippen LogP contribution in [-0.4, -0.2) is 37.1 Å². The predicted octanol–water partition coefficient (Wildman–Crippen LogP) is 0.188. The van der Waals surface area contributed by atoms with Crippen molar-refractivity contribution in [1.29, 1.82) is 0 Å². The van der Waals surface area contributed by atoms with Crippen molar-refractivity contribution >= 4 is 16.3 Å². The van der Waals surface area contributed by atoms with E-state index in [9.17, 15) is 13.2 Å². The molecule has 0 aliphatic carbocycles. The van der Waals surface area contributed by atoms with Gasteiger partial charge in [0.2, 0.25) is 0 Å². The average Bonchev–Trinajstić information content (AvgIpc) is 2.34. The van der Waals surface area contributed by atoms with Crippen molar-refractivity contribution in [2.75, 3.05) is 6.61 Å². The molecule has 76 valence electrons. The maximum Gasteiger partial charge on any atom is 0.508 e. The molecule has 1 heterocycles. The van der Waals surface area contributed by atoms with Gasteiger partial charge in [0, 0.05) is 0 Å². The molecule has 6 nitrogen and oxygen atoms in total. The van der Waals surface area contributed by atoms with Crippen LogP contribution in [0, 0.1) is 0 Å². The summed E-state index contributed by atoms with van der Waals surface area (Å²) in [5.41, 5.74) is 0. The van der Waals surface area contributed by atoms with Gasteiger partial charge in [-0.25, -0.2) is 4.79 Å². The second kappa shape index (κ2) is 3.51. The second-order valence-electron chi connectivity index (χ2n) is 2.68. The molecular weight excluding hydrogens is 200 g/mol. The summed E-state index contributed by atoms with van der Waals surface area (Å²) < 4.78 is 39.2. The average molecular weight is 210 g/mol. The maximum atomic E-state index is 10.8. The minimum Gasteiger partial charge on any atom is -0.430 e. The van der Waals surface area contributed by atoms with E-state index in [4.69, 9.17) is 4.55 Å². The zero-order chi connectivity index (χ0) is 10.1. The number of cyclic esters (lactones) is 2. The zero-order valence-electron chi connectivity index (χ0n) is 6.97. The van der Waals surface area contributed by atoms with Crippen LogP contribution in [0.15, 0.2) is 0 Å². The van der Waals surface area contributed by atoms with E-state index in [-0.39, 0.29) is 13.0 Å². The summed E-state index contributed by atoms with van der Waals surface area (Å²) in [6.45, 7) is 1.45. The van der Waals surface area contributed by atoms with E-state index < -0.39 is 27.6 Å². The fraction of sp³-hybridized carbons (Fsp3) is 0.833. The highest BCUT2D eigenvalue weighted by molar-refractivity contribution is 7.86. The van der Waals surface area contributed by atoms with Crippen LogP contribution in [0.4, 0.5) is 4.79 Å². The van der Waals surface area contributed by atoms with E-state index >= 15 is 0 Å². The van der Waals surface area contributed by atoms with Gasteiger partial charge in [-0.15, -0.1) is 0 Å². The molecule has 1 aliphatic heterocycles. The SMILES string of the molecule is CCC(C1COC(=O)O1)S(=O)(=O)O. The van der Waals surface area contributed by atoms with Crippen molar-refractivity contribution in [2.24, 2.45) is 0 Å². The molecule has 1 rings (SSSR count). The predicted molar refractivity (Wildman–Crippen MR) is 41.8 cm³/mol. The molecule has 2 atom stereocenters. The first-order chi connectivity index (χ1) is 5.95. The Morgan fingerprint density at radius 3 is 2.62 bits per heavy atom. The highest BCUT2D eigenvalue weighted by atomic mass is 32.2. The summed E-state index contributed by atoms with van der Waals surface area (Å²) in [6, 6.07) is 0. The van der Waals surface area contributed by atoms with E-state index in [1.165, 1.54) is 0 Å². The molecule has 0 saturated carbocycles. The van der Waals surface area contributed by atoms with E-state index in [1.807, 2.05) is 0 Å². The zero-order valence-corrected chi connectivity index (χ0v) is 7.78. The van der Waals surface area contributed by atoms with Gasteiger partial charge in [-0.3, -0.25) is 4.55 Å². The number of hydrogen-bond acceptors (Lipinski definition) is 5. The van der Waals surface area contributed by atoms with Crippen LogP contribution < -0.4 is 0 Å². The molecule has 0 aromatic heterocycles. The molecular formula is C6H10O6S. The summed E-state index contributed by atoms with van der Waals surface area (Å²) in [6.07, 6.45) is -1.63. The smallest absolute Gasteiger partial charge is 0.430 e. The molecule has 1 saturated heterocycles. The molecule has 0 spiro atoms. The van der Waals surface area contributed by atoms with Gasteiger partial charge < -0.3 is 9.47 Å². The van der Waals surface area contributed by atoms with Crippen molar-refractivity contribution < 1.29 is 27.2 Å².